The monoisotopic (exact) mass is 586 g/mol. The third kappa shape index (κ3) is 8.00. The molecule has 2 aromatic carbocycles. The Morgan fingerprint density at radius 1 is 0.500 bits per heavy atom. The lowest BCUT2D eigenvalue weighted by Gasteiger charge is -2.25. The number of fused-ring (bicyclic) bond motifs is 1. The lowest BCUT2D eigenvalue weighted by molar-refractivity contribution is 0.572. The number of hydrogen-bond acceptors (Lipinski definition) is 4. The van der Waals surface area contributed by atoms with Crippen molar-refractivity contribution in [2.24, 2.45) is 0 Å². The van der Waals surface area contributed by atoms with E-state index in [1.807, 2.05) is 0 Å². The molecule has 2 aromatic rings. The molecule has 0 unspecified atom stereocenters. The van der Waals surface area contributed by atoms with Gasteiger partial charge in [0.2, 0.25) is 0 Å². The lowest BCUT2D eigenvalue weighted by atomic mass is 9.81. The van der Waals surface area contributed by atoms with E-state index < -0.39 is 19.7 Å². The summed E-state index contributed by atoms with van der Waals surface area (Å²) in [7, 11) is -6.46. The lowest BCUT2D eigenvalue weighted by Crippen LogP contribution is -2.17. The first-order valence-corrected chi connectivity index (χ1v) is 18.9. The largest absolute Gasteiger partial charge is 0.228 e. The van der Waals surface area contributed by atoms with Gasteiger partial charge < -0.3 is 0 Å². The average Bonchev–Trinajstić information content (AvgIpc) is 3.00. The van der Waals surface area contributed by atoms with E-state index in [4.69, 9.17) is 0 Å². The maximum Gasteiger partial charge on any atom is 0.154 e. The molecule has 0 amide bonds. The molecule has 2 aliphatic rings. The summed E-state index contributed by atoms with van der Waals surface area (Å²) in [4.78, 5) is 0. The molecular formula is C34H50O4S2. The van der Waals surface area contributed by atoms with Crippen molar-refractivity contribution in [1.82, 2.24) is 0 Å². The van der Waals surface area contributed by atoms with E-state index in [2.05, 4.69) is 65.8 Å². The van der Waals surface area contributed by atoms with Gasteiger partial charge in [-0.2, -0.15) is 0 Å². The fraction of sp³-hybridized carbons (Fsp3) is 0.647. The van der Waals surface area contributed by atoms with Crippen molar-refractivity contribution in [2.45, 2.75) is 128 Å². The van der Waals surface area contributed by atoms with Crippen molar-refractivity contribution in [2.75, 3.05) is 11.5 Å². The second-order valence-corrected chi connectivity index (χ2v) is 18.7. The summed E-state index contributed by atoms with van der Waals surface area (Å²) >= 11 is 0. The van der Waals surface area contributed by atoms with Gasteiger partial charge >= 0.3 is 0 Å². The molecule has 1 heterocycles. The van der Waals surface area contributed by atoms with E-state index >= 15 is 0 Å². The highest BCUT2D eigenvalue weighted by Gasteiger charge is 2.28. The van der Waals surface area contributed by atoms with Crippen molar-refractivity contribution >= 4 is 19.7 Å². The van der Waals surface area contributed by atoms with Crippen molar-refractivity contribution < 1.29 is 16.8 Å². The van der Waals surface area contributed by atoms with Crippen LogP contribution in [0.2, 0.25) is 0 Å². The zero-order valence-corrected chi connectivity index (χ0v) is 27.3. The summed E-state index contributed by atoms with van der Waals surface area (Å²) in [5.74, 6) is 0.645. The standard InChI is InChI=1S/C34H50O4S2/c1-33(2,3)29-19-25-18-26-20-30(34(4,5)6)22-28-24-40(37,38)17-13-11-9-7-8-10-12-16-39(35,36)23-27(21-29)31(25)14-15-32(26)28/h19-22H,7-18,23-24H2,1-6H3. The number of hydrogen-bond donors (Lipinski definition) is 0. The Bertz CT molecular complexity index is 1330. The van der Waals surface area contributed by atoms with Gasteiger partial charge in [-0.3, -0.25) is 0 Å². The Morgan fingerprint density at radius 3 is 1.18 bits per heavy atom. The van der Waals surface area contributed by atoms with Gasteiger partial charge in [0.05, 0.1) is 23.0 Å². The molecule has 0 spiro atoms. The molecule has 0 fully saturated rings. The molecule has 40 heavy (non-hydrogen) atoms. The molecule has 2 bridgehead atoms. The first-order valence-electron chi connectivity index (χ1n) is 15.3. The predicted octanol–water partition coefficient (Wildman–Crippen LogP) is 7.54. The molecule has 1 aliphatic heterocycles. The van der Waals surface area contributed by atoms with Crippen LogP contribution in [-0.4, -0.2) is 28.3 Å². The summed E-state index contributed by atoms with van der Waals surface area (Å²) in [6.07, 6.45) is 8.42. The second-order valence-electron chi connectivity index (χ2n) is 14.4. The maximum absolute atomic E-state index is 13.4. The van der Waals surface area contributed by atoms with Crippen LogP contribution in [0.15, 0.2) is 24.3 Å². The summed E-state index contributed by atoms with van der Waals surface area (Å²) < 4.78 is 53.4. The minimum absolute atomic E-state index is 0.0874. The van der Waals surface area contributed by atoms with Crippen LogP contribution in [0.25, 0.3) is 0 Å². The van der Waals surface area contributed by atoms with E-state index in [-0.39, 0.29) is 33.8 Å². The van der Waals surface area contributed by atoms with Gasteiger partial charge in [-0.15, -0.1) is 0 Å². The van der Waals surface area contributed by atoms with E-state index in [0.29, 0.717) is 19.3 Å². The van der Waals surface area contributed by atoms with Crippen LogP contribution in [-0.2, 0) is 61.3 Å². The molecule has 4 nitrogen and oxygen atoms in total. The van der Waals surface area contributed by atoms with Crippen molar-refractivity contribution in [3.63, 3.8) is 0 Å². The summed E-state index contributed by atoms with van der Waals surface area (Å²) in [6.45, 7) is 13.1. The highest BCUT2D eigenvalue weighted by atomic mass is 32.2. The molecule has 0 radical (unpaired) electrons. The Hall–Kier alpha value is -1.66. The average molecular weight is 587 g/mol. The number of rotatable bonds is 0. The number of sulfone groups is 2. The van der Waals surface area contributed by atoms with E-state index in [1.165, 1.54) is 11.1 Å². The van der Waals surface area contributed by atoms with Crippen LogP contribution in [0.3, 0.4) is 0 Å². The fourth-order valence-electron chi connectivity index (χ4n) is 6.28. The molecule has 0 N–H and O–H groups in total. The Kier molecular flexibility index (Phi) is 9.31. The topological polar surface area (TPSA) is 68.3 Å². The van der Waals surface area contributed by atoms with Gasteiger partial charge in [0, 0.05) is 0 Å². The van der Waals surface area contributed by atoms with Crippen molar-refractivity contribution in [3.8, 4) is 0 Å². The zero-order chi connectivity index (χ0) is 29.3. The molecule has 0 saturated heterocycles. The van der Waals surface area contributed by atoms with E-state index in [9.17, 15) is 16.8 Å². The fourth-order valence-corrected chi connectivity index (χ4v) is 9.32. The third-order valence-electron chi connectivity index (χ3n) is 8.77. The summed E-state index contributed by atoms with van der Waals surface area (Å²) in [5, 5.41) is 0. The van der Waals surface area contributed by atoms with Gasteiger partial charge in [0.1, 0.15) is 0 Å². The molecule has 6 heteroatoms. The molecule has 222 valence electrons. The number of benzene rings is 2. The van der Waals surface area contributed by atoms with Crippen LogP contribution >= 0.6 is 0 Å². The van der Waals surface area contributed by atoms with Crippen LogP contribution in [0, 0.1) is 0 Å². The zero-order valence-electron chi connectivity index (χ0n) is 25.7. The highest BCUT2D eigenvalue weighted by Crippen LogP contribution is 2.37. The Labute approximate surface area is 244 Å². The van der Waals surface area contributed by atoms with E-state index in [0.717, 1.165) is 78.3 Å². The van der Waals surface area contributed by atoms with Gasteiger partial charge in [-0.25, -0.2) is 16.8 Å². The normalized spacial score (nSPS) is 20.6. The molecule has 1 aliphatic carbocycles. The van der Waals surface area contributed by atoms with Crippen molar-refractivity contribution in [3.05, 3.63) is 68.8 Å². The minimum atomic E-state index is -3.23. The SMILES string of the molecule is CC(C)(C)c1cc2c3c(c1)CS(=O)(=O)CCCCCCCCCS(=O)(=O)Cc1cc(C(C)(C)C)cc(c1CC3)C2. The van der Waals surface area contributed by atoms with Gasteiger partial charge in [0.15, 0.2) is 19.7 Å². The Morgan fingerprint density at radius 2 is 0.825 bits per heavy atom. The van der Waals surface area contributed by atoms with Crippen LogP contribution in [0.5, 0.6) is 0 Å². The van der Waals surface area contributed by atoms with E-state index in [1.54, 1.807) is 0 Å². The molecular weight excluding hydrogens is 537 g/mol. The molecule has 0 saturated carbocycles. The molecule has 4 rings (SSSR count). The minimum Gasteiger partial charge on any atom is -0.228 e. The van der Waals surface area contributed by atoms with Gasteiger partial charge in [0.25, 0.3) is 0 Å². The quantitative estimate of drug-likeness (QED) is 0.320. The van der Waals surface area contributed by atoms with Gasteiger partial charge in [-0.05, 0) is 87.4 Å². The maximum atomic E-state index is 13.4. The van der Waals surface area contributed by atoms with Crippen LogP contribution in [0.4, 0.5) is 0 Å². The first-order chi connectivity index (χ1) is 18.5. The summed E-state index contributed by atoms with van der Waals surface area (Å²) in [5.41, 5.74) is 8.70. The van der Waals surface area contributed by atoms with Crippen molar-refractivity contribution in [1.29, 1.82) is 0 Å². The summed E-state index contributed by atoms with van der Waals surface area (Å²) in [6, 6.07) is 8.85. The third-order valence-corrected chi connectivity index (χ3v) is 12.1. The Balaban J connectivity index is 1.88. The predicted molar refractivity (Wildman–Crippen MR) is 168 cm³/mol. The first kappa shape index (κ1) is 31.3. The van der Waals surface area contributed by atoms with Crippen LogP contribution < -0.4 is 0 Å². The van der Waals surface area contributed by atoms with Crippen LogP contribution in [0.1, 0.15) is 131 Å². The molecule has 0 aromatic heterocycles. The molecule has 0 atom stereocenters. The highest BCUT2D eigenvalue weighted by molar-refractivity contribution is 7.90. The smallest absolute Gasteiger partial charge is 0.154 e. The second kappa shape index (κ2) is 11.9. The van der Waals surface area contributed by atoms with Gasteiger partial charge in [-0.1, -0.05) is 97.9 Å².